The Balaban J connectivity index is 1.10. The number of pyridine rings is 1. The zero-order valence-electron chi connectivity index (χ0n) is 21.0. The van der Waals surface area contributed by atoms with Gasteiger partial charge in [0.05, 0.1) is 22.1 Å². The van der Waals surface area contributed by atoms with Crippen LogP contribution in [0.3, 0.4) is 0 Å². The van der Waals surface area contributed by atoms with Crippen LogP contribution >= 0.6 is 11.3 Å². The summed E-state index contributed by atoms with van der Waals surface area (Å²) in [5.41, 5.74) is 5.27. The molecular formula is C28H29N7OS. The Labute approximate surface area is 220 Å². The molecule has 1 N–H and O–H groups in total. The molecule has 4 heterocycles. The van der Waals surface area contributed by atoms with E-state index < -0.39 is 0 Å². The van der Waals surface area contributed by atoms with Crippen molar-refractivity contribution < 1.29 is 4.74 Å². The lowest BCUT2D eigenvalue weighted by Crippen LogP contribution is -2.44. The molecule has 6 rings (SSSR count). The van der Waals surface area contributed by atoms with Crippen LogP contribution in [-0.2, 0) is 13.6 Å². The molecule has 0 aliphatic carbocycles. The minimum Gasteiger partial charge on any atom is -0.457 e. The maximum absolute atomic E-state index is 6.15. The summed E-state index contributed by atoms with van der Waals surface area (Å²) in [5, 5.41) is 8.61. The van der Waals surface area contributed by atoms with E-state index in [-0.39, 0.29) is 0 Å². The third kappa shape index (κ3) is 5.42. The molecular weight excluding hydrogens is 482 g/mol. The Morgan fingerprint density at radius 3 is 2.54 bits per heavy atom. The fourth-order valence-corrected chi connectivity index (χ4v) is 5.32. The molecule has 37 heavy (non-hydrogen) atoms. The monoisotopic (exact) mass is 511 g/mol. The number of hydrogen-bond acceptors (Lipinski definition) is 8. The molecule has 0 amide bonds. The fraction of sp³-hybridized carbons (Fsp3) is 0.250. The molecule has 0 atom stereocenters. The first-order valence-electron chi connectivity index (χ1n) is 12.4. The molecule has 188 valence electrons. The SMILES string of the molecule is CN1CCN(c2ccc(CNc3nc4ccc(Oc5ccnc(-c6cnn(C)c6)c5)cc4s3)cc2)CC1. The van der Waals surface area contributed by atoms with Gasteiger partial charge in [-0.2, -0.15) is 5.10 Å². The van der Waals surface area contributed by atoms with Crippen LogP contribution < -0.4 is 15.0 Å². The number of benzene rings is 2. The average Bonchev–Trinajstić information content (AvgIpc) is 3.54. The maximum atomic E-state index is 6.15. The molecule has 0 spiro atoms. The van der Waals surface area contributed by atoms with Crippen molar-refractivity contribution in [1.29, 1.82) is 0 Å². The number of anilines is 2. The Bertz CT molecular complexity index is 1500. The Hall–Kier alpha value is -3.95. The van der Waals surface area contributed by atoms with E-state index in [2.05, 4.69) is 56.5 Å². The number of rotatable bonds is 7. The van der Waals surface area contributed by atoms with Crippen LogP contribution in [0.1, 0.15) is 5.56 Å². The van der Waals surface area contributed by atoms with Crippen molar-refractivity contribution in [1.82, 2.24) is 24.6 Å². The number of hydrogen-bond donors (Lipinski definition) is 1. The summed E-state index contributed by atoms with van der Waals surface area (Å²) in [4.78, 5) is 14.0. The normalized spacial score (nSPS) is 14.3. The van der Waals surface area contributed by atoms with Gasteiger partial charge in [-0.1, -0.05) is 23.5 Å². The number of nitrogens with zero attached hydrogens (tertiary/aromatic N) is 6. The van der Waals surface area contributed by atoms with Gasteiger partial charge in [-0.15, -0.1) is 0 Å². The zero-order valence-corrected chi connectivity index (χ0v) is 21.8. The average molecular weight is 512 g/mol. The molecule has 2 aromatic carbocycles. The molecule has 8 nitrogen and oxygen atoms in total. The molecule has 1 aliphatic rings. The van der Waals surface area contributed by atoms with Crippen molar-refractivity contribution >= 4 is 32.4 Å². The number of likely N-dealkylation sites (N-methyl/N-ethyl adjacent to an activating group) is 1. The summed E-state index contributed by atoms with van der Waals surface area (Å²) in [6.45, 7) is 5.13. The molecule has 9 heteroatoms. The van der Waals surface area contributed by atoms with E-state index in [1.807, 2.05) is 43.6 Å². The van der Waals surface area contributed by atoms with E-state index in [9.17, 15) is 0 Å². The first-order chi connectivity index (χ1) is 18.1. The summed E-state index contributed by atoms with van der Waals surface area (Å²) >= 11 is 1.63. The number of ether oxygens (including phenoxy) is 1. The van der Waals surface area contributed by atoms with Gasteiger partial charge in [0.1, 0.15) is 11.5 Å². The van der Waals surface area contributed by atoms with Gasteiger partial charge in [0, 0.05) is 75.5 Å². The summed E-state index contributed by atoms with van der Waals surface area (Å²) in [5.74, 6) is 1.50. The van der Waals surface area contributed by atoms with E-state index in [0.29, 0.717) is 0 Å². The molecule has 0 unspecified atom stereocenters. The summed E-state index contributed by atoms with van der Waals surface area (Å²) in [7, 11) is 4.07. The second-order valence-electron chi connectivity index (χ2n) is 9.34. The van der Waals surface area contributed by atoms with Crippen molar-refractivity contribution in [2.45, 2.75) is 6.54 Å². The highest BCUT2D eigenvalue weighted by Gasteiger charge is 2.14. The van der Waals surface area contributed by atoms with E-state index in [1.54, 1.807) is 28.4 Å². The third-order valence-electron chi connectivity index (χ3n) is 6.58. The lowest BCUT2D eigenvalue weighted by Gasteiger charge is -2.34. The van der Waals surface area contributed by atoms with Crippen LogP contribution in [0.25, 0.3) is 21.5 Å². The maximum Gasteiger partial charge on any atom is 0.184 e. The van der Waals surface area contributed by atoms with Crippen LogP contribution in [-0.4, -0.2) is 57.9 Å². The largest absolute Gasteiger partial charge is 0.457 e. The number of nitrogens with one attached hydrogen (secondary N) is 1. The molecule has 3 aromatic heterocycles. The molecule has 1 fully saturated rings. The van der Waals surface area contributed by atoms with Crippen molar-refractivity contribution in [3.8, 4) is 22.8 Å². The molecule has 0 radical (unpaired) electrons. The molecule has 5 aromatic rings. The van der Waals surface area contributed by atoms with Crippen molar-refractivity contribution in [2.24, 2.45) is 7.05 Å². The highest BCUT2D eigenvalue weighted by Crippen LogP contribution is 2.32. The van der Waals surface area contributed by atoms with Gasteiger partial charge in [0.15, 0.2) is 5.13 Å². The van der Waals surface area contributed by atoms with Crippen molar-refractivity contribution in [2.75, 3.05) is 43.4 Å². The standard InChI is InChI=1S/C28H29N7OS/c1-33-11-13-35(14-12-33)22-5-3-20(4-6-22)17-30-28-32-25-8-7-23(16-27(25)37-28)36-24-9-10-29-26(15-24)21-18-31-34(2)19-21/h3-10,15-16,18-19H,11-14,17H2,1-2H3,(H,30,32). The van der Waals surface area contributed by atoms with Gasteiger partial charge >= 0.3 is 0 Å². The first kappa shape index (κ1) is 23.4. The van der Waals surface area contributed by atoms with Gasteiger partial charge in [0.25, 0.3) is 0 Å². The lowest BCUT2D eigenvalue weighted by atomic mass is 10.2. The predicted octanol–water partition coefficient (Wildman–Crippen LogP) is 5.25. The van der Waals surface area contributed by atoms with Gasteiger partial charge in [-0.05, 0) is 42.9 Å². The lowest BCUT2D eigenvalue weighted by molar-refractivity contribution is 0.313. The first-order valence-corrected chi connectivity index (χ1v) is 13.2. The highest BCUT2D eigenvalue weighted by molar-refractivity contribution is 7.22. The topological polar surface area (TPSA) is 71.3 Å². The zero-order chi connectivity index (χ0) is 25.2. The van der Waals surface area contributed by atoms with Crippen LogP contribution in [0, 0.1) is 0 Å². The number of piperazine rings is 1. The number of aryl methyl sites for hydroxylation is 1. The summed E-state index contributed by atoms with van der Waals surface area (Å²) in [6, 6.07) is 18.6. The molecule has 1 saturated heterocycles. The van der Waals surface area contributed by atoms with Crippen LogP contribution in [0.2, 0.25) is 0 Å². The highest BCUT2D eigenvalue weighted by atomic mass is 32.1. The number of fused-ring (bicyclic) bond motifs is 1. The van der Waals surface area contributed by atoms with Crippen LogP contribution in [0.5, 0.6) is 11.5 Å². The van der Waals surface area contributed by atoms with Gasteiger partial charge in [-0.3, -0.25) is 9.67 Å². The van der Waals surface area contributed by atoms with Gasteiger partial charge < -0.3 is 19.9 Å². The minimum atomic E-state index is 0.732. The van der Waals surface area contributed by atoms with Crippen LogP contribution in [0.4, 0.5) is 10.8 Å². The summed E-state index contributed by atoms with van der Waals surface area (Å²) < 4.78 is 8.98. The minimum absolute atomic E-state index is 0.732. The van der Waals surface area contributed by atoms with Crippen molar-refractivity contribution in [3.05, 3.63) is 78.8 Å². The quantitative estimate of drug-likeness (QED) is 0.320. The summed E-state index contributed by atoms with van der Waals surface area (Å²) in [6.07, 6.45) is 5.49. The van der Waals surface area contributed by atoms with E-state index in [1.165, 1.54) is 11.3 Å². The molecule has 0 bridgehead atoms. The fourth-order valence-electron chi connectivity index (χ4n) is 4.43. The smallest absolute Gasteiger partial charge is 0.184 e. The van der Waals surface area contributed by atoms with E-state index in [4.69, 9.17) is 9.72 Å². The second-order valence-corrected chi connectivity index (χ2v) is 10.4. The predicted molar refractivity (Wildman–Crippen MR) is 150 cm³/mol. The molecule has 1 aliphatic heterocycles. The van der Waals surface area contributed by atoms with Gasteiger partial charge in [-0.25, -0.2) is 4.98 Å². The Morgan fingerprint density at radius 2 is 1.76 bits per heavy atom. The second kappa shape index (κ2) is 10.2. The molecule has 0 saturated carbocycles. The Kier molecular flexibility index (Phi) is 6.46. The van der Waals surface area contributed by atoms with Crippen molar-refractivity contribution in [3.63, 3.8) is 0 Å². The third-order valence-corrected chi connectivity index (χ3v) is 7.55. The number of thiazole rings is 1. The number of aromatic nitrogens is 4. The van der Waals surface area contributed by atoms with Gasteiger partial charge in [0.2, 0.25) is 0 Å². The van der Waals surface area contributed by atoms with E-state index >= 15 is 0 Å². The van der Waals surface area contributed by atoms with Crippen LogP contribution in [0.15, 0.2) is 73.2 Å². The van der Waals surface area contributed by atoms with E-state index in [0.717, 1.165) is 70.8 Å². The Morgan fingerprint density at radius 1 is 0.946 bits per heavy atom.